The van der Waals surface area contributed by atoms with Crippen LogP contribution in [0.5, 0.6) is 17.2 Å². The Kier molecular flexibility index (Phi) is 4.81. The van der Waals surface area contributed by atoms with Crippen molar-refractivity contribution in [1.82, 2.24) is 4.90 Å². The number of rotatable bonds is 3. The van der Waals surface area contributed by atoms with E-state index in [2.05, 4.69) is 9.89 Å². The lowest BCUT2D eigenvalue weighted by molar-refractivity contribution is -0.120. The van der Waals surface area contributed by atoms with Crippen LogP contribution < -0.4 is 14.2 Å². The van der Waals surface area contributed by atoms with Gasteiger partial charge in [0, 0.05) is 6.54 Å². The molecule has 0 radical (unpaired) electrons. The summed E-state index contributed by atoms with van der Waals surface area (Å²) in [5.74, 6) is 2.05. The first-order valence-electron chi connectivity index (χ1n) is 9.35. The Labute approximate surface area is 164 Å². The summed E-state index contributed by atoms with van der Waals surface area (Å²) in [7, 11) is 3.22. The van der Waals surface area contributed by atoms with Crippen LogP contribution in [0.4, 0.5) is 0 Å². The van der Waals surface area contributed by atoms with Gasteiger partial charge in [0.2, 0.25) is 5.78 Å². The van der Waals surface area contributed by atoms with Crippen LogP contribution in [0.1, 0.15) is 28.3 Å². The number of ketones is 1. The van der Waals surface area contributed by atoms with Crippen molar-refractivity contribution in [3.8, 4) is 17.2 Å². The first-order chi connectivity index (χ1) is 13.5. The molecule has 0 bridgehead atoms. The monoisotopic (exact) mass is 380 g/mol. The van der Waals surface area contributed by atoms with E-state index >= 15 is 0 Å². The van der Waals surface area contributed by atoms with Crippen molar-refractivity contribution in [1.29, 1.82) is 0 Å². The first-order valence-corrected chi connectivity index (χ1v) is 9.35. The van der Waals surface area contributed by atoms with E-state index in [0.717, 1.165) is 35.2 Å². The summed E-state index contributed by atoms with van der Waals surface area (Å²) in [4.78, 5) is 19.8. The number of ether oxygens (including phenoxy) is 3. The van der Waals surface area contributed by atoms with Crippen molar-refractivity contribution in [2.45, 2.75) is 26.3 Å². The minimum atomic E-state index is -0.416. The Hall–Kier alpha value is -2.86. The number of hydrogen-bond acceptors (Lipinski definition) is 6. The lowest BCUT2D eigenvalue weighted by Gasteiger charge is -2.38. The molecule has 6 heteroatoms. The normalized spacial score (nSPS) is 18.8. The van der Waals surface area contributed by atoms with E-state index in [-0.39, 0.29) is 11.7 Å². The molecule has 2 aliphatic heterocycles. The summed E-state index contributed by atoms with van der Waals surface area (Å²) in [6, 6.07) is 9.37. The van der Waals surface area contributed by atoms with E-state index in [0.29, 0.717) is 23.9 Å². The summed E-state index contributed by atoms with van der Waals surface area (Å²) in [5, 5.41) is 0. The standard InChI is InChI=1S/C22H24N2O4/c1-13-6-5-7-14(2)21(13)28-22-20(25)19-16-11-18(27-4)17(26-3)10-15(16)8-9-24(19)12-23-22/h5-7,10-11,19H,8-9,12H2,1-4H3. The molecule has 2 aromatic rings. The zero-order valence-electron chi connectivity index (χ0n) is 16.6. The highest BCUT2D eigenvalue weighted by Gasteiger charge is 2.40. The van der Waals surface area contributed by atoms with Crippen molar-refractivity contribution in [3.05, 3.63) is 52.6 Å². The van der Waals surface area contributed by atoms with E-state index in [4.69, 9.17) is 14.2 Å². The quantitative estimate of drug-likeness (QED) is 0.818. The number of para-hydroxylation sites is 1. The van der Waals surface area contributed by atoms with Gasteiger partial charge < -0.3 is 14.2 Å². The number of benzene rings is 2. The number of fused-ring (bicyclic) bond motifs is 3. The highest BCUT2D eigenvalue weighted by molar-refractivity contribution is 6.39. The first kappa shape index (κ1) is 18.5. The van der Waals surface area contributed by atoms with E-state index in [9.17, 15) is 4.79 Å². The number of nitrogens with zero attached hydrogens (tertiary/aromatic N) is 2. The van der Waals surface area contributed by atoms with Crippen molar-refractivity contribution >= 4 is 11.7 Å². The molecular formula is C22H24N2O4. The minimum absolute atomic E-state index is 0.123. The third-order valence-corrected chi connectivity index (χ3v) is 5.44. The summed E-state index contributed by atoms with van der Waals surface area (Å²) >= 11 is 0. The molecule has 0 spiro atoms. The number of carbonyl (C=O) groups excluding carboxylic acids is 1. The molecule has 0 saturated carbocycles. The molecule has 4 rings (SSSR count). The zero-order valence-corrected chi connectivity index (χ0v) is 16.6. The molecule has 0 fully saturated rings. The number of aryl methyl sites for hydroxylation is 2. The summed E-state index contributed by atoms with van der Waals surface area (Å²) in [5.41, 5.74) is 3.99. The van der Waals surface area contributed by atoms with Gasteiger partial charge in [0.1, 0.15) is 11.8 Å². The Bertz CT molecular complexity index is 947. The summed E-state index contributed by atoms with van der Waals surface area (Å²) < 4.78 is 16.9. The molecule has 0 N–H and O–H groups in total. The molecule has 0 aromatic heterocycles. The average Bonchev–Trinajstić information content (AvgIpc) is 2.70. The largest absolute Gasteiger partial charge is 0.493 e. The van der Waals surface area contributed by atoms with Crippen LogP contribution in [-0.4, -0.2) is 44.0 Å². The fourth-order valence-corrected chi connectivity index (χ4v) is 3.95. The van der Waals surface area contributed by atoms with Crippen molar-refractivity contribution < 1.29 is 19.0 Å². The fourth-order valence-electron chi connectivity index (χ4n) is 3.95. The number of carbonyl (C=O) groups is 1. The van der Waals surface area contributed by atoms with Gasteiger partial charge in [0.15, 0.2) is 11.5 Å². The molecule has 0 amide bonds. The number of aliphatic imine (C=N–C) groups is 1. The van der Waals surface area contributed by atoms with Crippen molar-refractivity contribution in [2.75, 3.05) is 27.4 Å². The van der Waals surface area contributed by atoms with Gasteiger partial charge in [-0.05, 0) is 54.7 Å². The second kappa shape index (κ2) is 7.28. The Morgan fingerprint density at radius 2 is 1.75 bits per heavy atom. The van der Waals surface area contributed by atoms with Gasteiger partial charge in [0.05, 0.1) is 20.9 Å². The highest BCUT2D eigenvalue weighted by atomic mass is 16.5. The van der Waals surface area contributed by atoms with Crippen molar-refractivity contribution in [3.63, 3.8) is 0 Å². The molecule has 0 aliphatic carbocycles. The summed E-state index contributed by atoms with van der Waals surface area (Å²) in [6.45, 7) is 5.13. The van der Waals surface area contributed by atoms with Crippen LogP contribution in [0.25, 0.3) is 0 Å². The number of hydrogen-bond donors (Lipinski definition) is 0. The Balaban J connectivity index is 1.70. The van der Waals surface area contributed by atoms with Gasteiger partial charge in [-0.2, -0.15) is 0 Å². The maximum absolute atomic E-state index is 13.3. The second-order valence-electron chi connectivity index (χ2n) is 7.16. The maximum Gasteiger partial charge on any atom is 0.262 e. The Morgan fingerprint density at radius 1 is 1.07 bits per heavy atom. The SMILES string of the molecule is COc1cc2c(cc1OC)C1C(=O)C(Oc3c(C)cccc3C)=NCN1CC2. The van der Waals surface area contributed by atoms with Crippen molar-refractivity contribution in [2.24, 2.45) is 4.99 Å². The third-order valence-electron chi connectivity index (χ3n) is 5.44. The molecule has 0 saturated heterocycles. The maximum atomic E-state index is 13.3. The lowest BCUT2D eigenvalue weighted by Crippen LogP contribution is -2.47. The molecule has 2 aromatic carbocycles. The average molecular weight is 380 g/mol. The molecule has 2 aliphatic rings. The number of Topliss-reactive ketones (excluding diaryl/α,β-unsaturated/α-hetero) is 1. The number of methoxy groups -OCH3 is 2. The van der Waals surface area contributed by atoms with Gasteiger partial charge in [-0.25, -0.2) is 4.99 Å². The predicted molar refractivity (Wildman–Crippen MR) is 107 cm³/mol. The van der Waals surface area contributed by atoms with Gasteiger partial charge in [-0.1, -0.05) is 18.2 Å². The third kappa shape index (κ3) is 3.03. The zero-order chi connectivity index (χ0) is 19.8. The molecule has 28 heavy (non-hydrogen) atoms. The van der Waals surface area contributed by atoms with E-state index in [1.807, 2.05) is 44.2 Å². The molecule has 6 nitrogen and oxygen atoms in total. The van der Waals surface area contributed by atoms with Crippen LogP contribution in [0.3, 0.4) is 0 Å². The molecule has 1 atom stereocenters. The van der Waals surface area contributed by atoms with Gasteiger partial charge in [0.25, 0.3) is 5.90 Å². The van der Waals surface area contributed by atoms with Gasteiger partial charge in [-0.15, -0.1) is 0 Å². The molecular weight excluding hydrogens is 356 g/mol. The lowest BCUT2D eigenvalue weighted by atomic mass is 9.89. The van der Waals surface area contributed by atoms with E-state index in [1.54, 1.807) is 14.2 Å². The Morgan fingerprint density at radius 3 is 2.43 bits per heavy atom. The predicted octanol–water partition coefficient (Wildman–Crippen LogP) is 3.24. The van der Waals surface area contributed by atoms with Crippen LogP contribution >= 0.6 is 0 Å². The van der Waals surface area contributed by atoms with Gasteiger partial charge >= 0.3 is 0 Å². The molecule has 2 heterocycles. The van der Waals surface area contributed by atoms with E-state index < -0.39 is 6.04 Å². The smallest absolute Gasteiger partial charge is 0.262 e. The van der Waals surface area contributed by atoms with Crippen LogP contribution in [0, 0.1) is 13.8 Å². The fraction of sp³-hybridized carbons (Fsp3) is 0.364. The van der Waals surface area contributed by atoms with Crippen LogP contribution in [0.15, 0.2) is 35.3 Å². The second-order valence-corrected chi connectivity index (χ2v) is 7.16. The molecule has 1 unspecified atom stereocenters. The van der Waals surface area contributed by atoms with Crippen LogP contribution in [0.2, 0.25) is 0 Å². The molecule has 146 valence electrons. The summed E-state index contributed by atoms with van der Waals surface area (Å²) in [6.07, 6.45) is 0.835. The topological polar surface area (TPSA) is 60.4 Å². The van der Waals surface area contributed by atoms with Crippen LogP contribution in [-0.2, 0) is 11.2 Å². The minimum Gasteiger partial charge on any atom is -0.493 e. The highest BCUT2D eigenvalue weighted by Crippen LogP contribution is 2.39. The van der Waals surface area contributed by atoms with E-state index in [1.165, 1.54) is 0 Å². The van der Waals surface area contributed by atoms with Gasteiger partial charge in [-0.3, -0.25) is 9.69 Å².